The van der Waals surface area contributed by atoms with Crippen LogP contribution >= 0.6 is 0 Å². The maximum atomic E-state index is 3.52. The van der Waals surface area contributed by atoms with Crippen molar-refractivity contribution in [1.29, 1.82) is 0 Å². The van der Waals surface area contributed by atoms with E-state index in [1.54, 1.807) is 0 Å². The van der Waals surface area contributed by atoms with E-state index >= 15 is 0 Å². The van der Waals surface area contributed by atoms with E-state index in [0.717, 1.165) is 19.5 Å². The predicted molar refractivity (Wildman–Crippen MR) is 87.0 cm³/mol. The maximum absolute atomic E-state index is 3.52. The highest BCUT2D eigenvalue weighted by Gasteiger charge is 2.11. The standard InChI is InChI=1S/C18H30N2/c1-16(2)19-12-11-17-9-5-6-10-18(17)15-20-13-7-3-4-8-14-20/h5-6,9-10,16,19H,3-4,7-8,11-15H2,1-2H3. The van der Waals surface area contributed by atoms with Gasteiger partial charge in [-0.05, 0) is 50.0 Å². The second kappa shape index (κ2) is 8.43. The van der Waals surface area contributed by atoms with Crippen molar-refractivity contribution in [3.63, 3.8) is 0 Å². The highest BCUT2D eigenvalue weighted by atomic mass is 15.1. The highest BCUT2D eigenvalue weighted by Crippen LogP contribution is 2.16. The van der Waals surface area contributed by atoms with Crippen molar-refractivity contribution in [1.82, 2.24) is 10.2 Å². The molecule has 1 aromatic rings. The Morgan fingerprint density at radius 2 is 1.65 bits per heavy atom. The third-order valence-corrected chi connectivity index (χ3v) is 4.16. The van der Waals surface area contributed by atoms with Crippen LogP contribution in [0.15, 0.2) is 24.3 Å². The van der Waals surface area contributed by atoms with E-state index in [1.807, 2.05) is 0 Å². The van der Waals surface area contributed by atoms with Crippen molar-refractivity contribution in [3.05, 3.63) is 35.4 Å². The van der Waals surface area contributed by atoms with Crippen molar-refractivity contribution in [3.8, 4) is 0 Å². The second-order valence-electron chi connectivity index (χ2n) is 6.32. The predicted octanol–water partition coefficient (Wildman–Crippen LogP) is 3.60. The van der Waals surface area contributed by atoms with Crippen LogP contribution in [0.2, 0.25) is 0 Å². The molecule has 0 bridgehead atoms. The van der Waals surface area contributed by atoms with E-state index in [-0.39, 0.29) is 0 Å². The molecule has 1 aromatic carbocycles. The summed E-state index contributed by atoms with van der Waals surface area (Å²) in [4.78, 5) is 2.64. The molecule has 1 heterocycles. The fraction of sp³-hybridized carbons (Fsp3) is 0.667. The summed E-state index contributed by atoms with van der Waals surface area (Å²) in [5, 5.41) is 3.52. The number of nitrogens with one attached hydrogen (secondary N) is 1. The van der Waals surface area contributed by atoms with Crippen LogP contribution in [0, 0.1) is 0 Å². The molecule has 0 aromatic heterocycles. The van der Waals surface area contributed by atoms with E-state index in [2.05, 4.69) is 48.3 Å². The lowest BCUT2D eigenvalue weighted by Crippen LogP contribution is -2.27. The molecule has 1 aliphatic rings. The summed E-state index contributed by atoms with van der Waals surface area (Å²) in [6, 6.07) is 9.56. The molecule has 1 N–H and O–H groups in total. The summed E-state index contributed by atoms with van der Waals surface area (Å²) in [7, 11) is 0. The average Bonchev–Trinajstić information content (AvgIpc) is 2.69. The minimum atomic E-state index is 0.577. The lowest BCUT2D eigenvalue weighted by Gasteiger charge is -2.21. The molecule has 0 amide bonds. The zero-order chi connectivity index (χ0) is 14.2. The lowest BCUT2D eigenvalue weighted by molar-refractivity contribution is 0.276. The Morgan fingerprint density at radius 1 is 1.00 bits per heavy atom. The van der Waals surface area contributed by atoms with E-state index < -0.39 is 0 Å². The number of hydrogen-bond acceptors (Lipinski definition) is 2. The number of hydrogen-bond donors (Lipinski definition) is 1. The Bertz CT molecular complexity index is 379. The van der Waals surface area contributed by atoms with Crippen molar-refractivity contribution in [2.45, 2.75) is 58.5 Å². The number of nitrogens with zero attached hydrogens (tertiary/aromatic N) is 1. The van der Waals surface area contributed by atoms with Crippen molar-refractivity contribution in [2.75, 3.05) is 19.6 Å². The molecule has 1 aliphatic heterocycles. The van der Waals surface area contributed by atoms with Gasteiger partial charge in [0, 0.05) is 12.6 Å². The lowest BCUT2D eigenvalue weighted by atomic mass is 10.0. The summed E-state index contributed by atoms with van der Waals surface area (Å²) in [6.07, 6.45) is 6.71. The van der Waals surface area contributed by atoms with Crippen LogP contribution < -0.4 is 5.32 Å². The molecule has 20 heavy (non-hydrogen) atoms. The van der Waals surface area contributed by atoms with Crippen molar-refractivity contribution < 1.29 is 0 Å². The average molecular weight is 274 g/mol. The van der Waals surface area contributed by atoms with Crippen molar-refractivity contribution in [2.24, 2.45) is 0 Å². The van der Waals surface area contributed by atoms with Gasteiger partial charge in [0.05, 0.1) is 0 Å². The van der Waals surface area contributed by atoms with Gasteiger partial charge in [-0.25, -0.2) is 0 Å². The van der Waals surface area contributed by atoms with Gasteiger partial charge in [-0.3, -0.25) is 4.90 Å². The first-order valence-corrected chi connectivity index (χ1v) is 8.28. The summed E-state index contributed by atoms with van der Waals surface area (Å²) in [6.45, 7) is 9.19. The summed E-state index contributed by atoms with van der Waals surface area (Å²) >= 11 is 0. The molecule has 0 unspecified atom stereocenters. The van der Waals surface area contributed by atoms with Gasteiger partial charge in [0.25, 0.3) is 0 Å². The molecule has 0 aliphatic carbocycles. The highest BCUT2D eigenvalue weighted by molar-refractivity contribution is 5.27. The van der Waals surface area contributed by atoms with Gasteiger partial charge in [-0.15, -0.1) is 0 Å². The monoisotopic (exact) mass is 274 g/mol. The van der Waals surface area contributed by atoms with Crippen LogP contribution in [-0.2, 0) is 13.0 Å². The molecular formula is C18H30N2. The van der Waals surface area contributed by atoms with Gasteiger partial charge in [-0.1, -0.05) is 51.0 Å². The molecule has 2 rings (SSSR count). The fourth-order valence-corrected chi connectivity index (χ4v) is 2.99. The number of likely N-dealkylation sites (tertiary alicyclic amines) is 1. The first-order valence-electron chi connectivity index (χ1n) is 8.28. The van der Waals surface area contributed by atoms with Gasteiger partial charge < -0.3 is 5.32 Å². The quantitative estimate of drug-likeness (QED) is 0.852. The van der Waals surface area contributed by atoms with Gasteiger partial charge in [0.2, 0.25) is 0 Å². The van der Waals surface area contributed by atoms with Crippen LogP contribution in [0.1, 0.15) is 50.7 Å². The van der Waals surface area contributed by atoms with Gasteiger partial charge in [0.1, 0.15) is 0 Å². The van der Waals surface area contributed by atoms with Crippen LogP contribution in [0.4, 0.5) is 0 Å². The maximum Gasteiger partial charge on any atom is 0.0236 e. The molecule has 0 saturated carbocycles. The Hall–Kier alpha value is -0.860. The van der Waals surface area contributed by atoms with Gasteiger partial charge in [-0.2, -0.15) is 0 Å². The molecular weight excluding hydrogens is 244 g/mol. The van der Waals surface area contributed by atoms with Crippen LogP contribution in [0.5, 0.6) is 0 Å². The zero-order valence-corrected chi connectivity index (χ0v) is 13.2. The zero-order valence-electron chi connectivity index (χ0n) is 13.2. The smallest absolute Gasteiger partial charge is 0.0236 e. The Kier molecular flexibility index (Phi) is 6.55. The third-order valence-electron chi connectivity index (χ3n) is 4.16. The third kappa shape index (κ3) is 5.26. The molecule has 1 saturated heterocycles. The normalized spacial score (nSPS) is 17.4. The Balaban J connectivity index is 1.92. The number of rotatable bonds is 6. The van der Waals surface area contributed by atoms with E-state index in [4.69, 9.17) is 0 Å². The molecule has 2 nitrogen and oxygen atoms in total. The van der Waals surface area contributed by atoms with E-state index in [1.165, 1.54) is 49.9 Å². The minimum Gasteiger partial charge on any atom is -0.314 e. The summed E-state index contributed by atoms with van der Waals surface area (Å²) in [5.74, 6) is 0. The minimum absolute atomic E-state index is 0.577. The summed E-state index contributed by atoms with van der Waals surface area (Å²) < 4.78 is 0. The van der Waals surface area contributed by atoms with Crippen molar-refractivity contribution >= 4 is 0 Å². The van der Waals surface area contributed by atoms with Crippen LogP contribution in [-0.4, -0.2) is 30.6 Å². The molecule has 0 atom stereocenters. The second-order valence-corrected chi connectivity index (χ2v) is 6.32. The topological polar surface area (TPSA) is 15.3 Å². The summed E-state index contributed by atoms with van der Waals surface area (Å²) in [5.41, 5.74) is 3.05. The fourth-order valence-electron chi connectivity index (χ4n) is 2.99. The van der Waals surface area contributed by atoms with Crippen LogP contribution in [0.3, 0.4) is 0 Å². The Labute approximate surface area is 124 Å². The molecule has 2 heteroatoms. The van der Waals surface area contributed by atoms with E-state index in [9.17, 15) is 0 Å². The molecule has 1 fully saturated rings. The molecule has 0 radical (unpaired) electrons. The van der Waals surface area contributed by atoms with E-state index in [0.29, 0.717) is 6.04 Å². The first kappa shape index (κ1) is 15.5. The van der Waals surface area contributed by atoms with Gasteiger partial charge in [0.15, 0.2) is 0 Å². The molecule has 112 valence electrons. The van der Waals surface area contributed by atoms with Crippen LogP contribution in [0.25, 0.3) is 0 Å². The number of benzene rings is 1. The van der Waals surface area contributed by atoms with Gasteiger partial charge >= 0.3 is 0 Å². The first-order chi connectivity index (χ1) is 9.75. The SMILES string of the molecule is CC(C)NCCc1ccccc1CN1CCCCCC1. The molecule has 0 spiro atoms. The Morgan fingerprint density at radius 3 is 2.30 bits per heavy atom. The largest absolute Gasteiger partial charge is 0.314 e.